The molecular formula is C24H39IN4O4. The zero-order chi connectivity index (χ0) is 22.6. The molecular weight excluding hydrogens is 535 g/mol. The molecule has 1 unspecified atom stereocenters. The summed E-state index contributed by atoms with van der Waals surface area (Å²) < 4.78 is 17.0. The summed E-state index contributed by atoms with van der Waals surface area (Å²) in [5.41, 5.74) is 0.885. The van der Waals surface area contributed by atoms with Gasteiger partial charge in [0, 0.05) is 38.5 Å². The largest absolute Gasteiger partial charge is 0.491 e. The third-order valence-corrected chi connectivity index (χ3v) is 5.41. The molecule has 0 spiro atoms. The highest BCUT2D eigenvalue weighted by Crippen LogP contribution is 2.17. The average Bonchev–Trinajstić information content (AvgIpc) is 3.49. The molecule has 0 radical (unpaired) electrons. The van der Waals surface area contributed by atoms with Gasteiger partial charge in [0.15, 0.2) is 5.96 Å². The van der Waals surface area contributed by atoms with Crippen molar-refractivity contribution in [3.05, 3.63) is 24.3 Å². The van der Waals surface area contributed by atoms with Crippen molar-refractivity contribution in [3.8, 4) is 5.75 Å². The van der Waals surface area contributed by atoms with Gasteiger partial charge >= 0.3 is 0 Å². The number of anilines is 1. The molecule has 33 heavy (non-hydrogen) atoms. The number of amides is 1. The molecule has 1 aromatic carbocycles. The predicted molar refractivity (Wildman–Crippen MR) is 142 cm³/mol. The summed E-state index contributed by atoms with van der Waals surface area (Å²) in [6.45, 7) is 8.69. The first kappa shape index (κ1) is 27.7. The van der Waals surface area contributed by atoms with Crippen LogP contribution in [-0.4, -0.2) is 75.0 Å². The van der Waals surface area contributed by atoms with Crippen LogP contribution in [0.4, 0.5) is 5.69 Å². The first-order valence-corrected chi connectivity index (χ1v) is 11.9. The summed E-state index contributed by atoms with van der Waals surface area (Å²) >= 11 is 0. The Morgan fingerprint density at radius 2 is 1.97 bits per heavy atom. The van der Waals surface area contributed by atoms with Crippen molar-refractivity contribution in [2.45, 2.75) is 58.2 Å². The van der Waals surface area contributed by atoms with E-state index in [-0.39, 0.29) is 48.6 Å². The van der Waals surface area contributed by atoms with E-state index in [4.69, 9.17) is 14.2 Å². The van der Waals surface area contributed by atoms with Crippen LogP contribution >= 0.6 is 24.0 Å². The molecule has 0 aromatic heterocycles. The molecule has 9 heteroatoms. The summed E-state index contributed by atoms with van der Waals surface area (Å²) in [5, 5.41) is 6.61. The molecule has 0 saturated carbocycles. The zero-order valence-electron chi connectivity index (χ0n) is 19.9. The summed E-state index contributed by atoms with van der Waals surface area (Å²) in [4.78, 5) is 18.8. The Balaban J connectivity index is 0.00000385. The van der Waals surface area contributed by atoms with Crippen molar-refractivity contribution in [1.82, 2.24) is 10.2 Å². The van der Waals surface area contributed by atoms with Crippen LogP contribution in [0.3, 0.4) is 0 Å². The Kier molecular flexibility index (Phi) is 12.9. The minimum atomic E-state index is 0. The van der Waals surface area contributed by atoms with Crippen LogP contribution in [-0.2, 0) is 14.3 Å². The maximum Gasteiger partial charge on any atom is 0.244 e. The molecule has 8 nitrogen and oxygen atoms in total. The molecule has 1 amide bonds. The molecule has 2 heterocycles. The molecule has 0 aliphatic carbocycles. The Bertz CT molecular complexity index is 718. The van der Waals surface area contributed by atoms with Gasteiger partial charge in [-0.15, -0.1) is 24.0 Å². The number of guanidine groups is 1. The Hall–Kier alpha value is -1.59. The van der Waals surface area contributed by atoms with Crippen LogP contribution in [0.1, 0.15) is 46.0 Å². The Morgan fingerprint density at radius 3 is 2.64 bits per heavy atom. The fourth-order valence-electron chi connectivity index (χ4n) is 3.75. The van der Waals surface area contributed by atoms with Gasteiger partial charge in [0.2, 0.25) is 5.91 Å². The van der Waals surface area contributed by atoms with Gasteiger partial charge in [0.25, 0.3) is 0 Å². The van der Waals surface area contributed by atoms with Crippen LogP contribution in [0, 0.1) is 0 Å². The topological polar surface area (TPSA) is 84.4 Å². The van der Waals surface area contributed by atoms with Gasteiger partial charge < -0.3 is 29.7 Å². The van der Waals surface area contributed by atoms with Crippen molar-refractivity contribution in [2.24, 2.45) is 4.99 Å². The molecule has 1 aromatic rings. The van der Waals surface area contributed by atoms with Crippen LogP contribution < -0.4 is 15.4 Å². The highest BCUT2D eigenvalue weighted by Gasteiger charge is 2.17. The number of nitrogens with one attached hydrogen (secondary N) is 2. The fourth-order valence-corrected chi connectivity index (χ4v) is 3.75. The fraction of sp³-hybridized carbons (Fsp3) is 0.667. The Labute approximate surface area is 214 Å². The smallest absolute Gasteiger partial charge is 0.244 e. The van der Waals surface area contributed by atoms with Crippen molar-refractivity contribution in [3.63, 3.8) is 0 Å². The van der Waals surface area contributed by atoms with Crippen molar-refractivity contribution < 1.29 is 19.0 Å². The number of carbonyl (C=O) groups excluding carboxylic acids is 1. The van der Waals surface area contributed by atoms with E-state index in [0.29, 0.717) is 25.7 Å². The Morgan fingerprint density at radius 1 is 1.21 bits per heavy atom. The van der Waals surface area contributed by atoms with E-state index in [0.717, 1.165) is 63.2 Å². The molecule has 2 N–H and O–H groups in total. The number of rotatable bonds is 11. The number of benzene rings is 1. The van der Waals surface area contributed by atoms with Gasteiger partial charge in [0.1, 0.15) is 12.3 Å². The number of likely N-dealkylation sites (tertiary alicyclic amines) is 1. The second kappa shape index (κ2) is 15.3. The lowest BCUT2D eigenvalue weighted by molar-refractivity contribution is -0.128. The minimum absolute atomic E-state index is 0. The summed E-state index contributed by atoms with van der Waals surface area (Å²) in [6.07, 6.45) is 5.60. The van der Waals surface area contributed by atoms with E-state index in [1.807, 2.05) is 43.0 Å². The van der Waals surface area contributed by atoms with Crippen molar-refractivity contribution in [2.75, 3.05) is 51.3 Å². The molecule has 0 bridgehead atoms. The van der Waals surface area contributed by atoms with E-state index >= 15 is 0 Å². The van der Waals surface area contributed by atoms with Gasteiger partial charge in [-0.1, -0.05) is 0 Å². The van der Waals surface area contributed by atoms with E-state index in [2.05, 4.69) is 15.6 Å². The van der Waals surface area contributed by atoms with Gasteiger partial charge in [-0.05, 0) is 70.2 Å². The molecule has 3 rings (SSSR count). The number of nitrogens with zero attached hydrogens (tertiary/aromatic N) is 2. The molecule has 2 aliphatic heterocycles. The lowest BCUT2D eigenvalue weighted by Gasteiger charge is -2.16. The lowest BCUT2D eigenvalue weighted by atomic mass is 10.2. The van der Waals surface area contributed by atoms with Crippen molar-refractivity contribution in [1.29, 1.82) is 0 Å². The van der Waals surface area contributed by atoms with E-state index < -0.39 is 0 Å². The number of ether oxygens (including phenoxy) is 3. The standard InChI is InChI=1S/C24H38N4O4.HI/c1-19(2)32-21-10-8-20(9-11-21)27-24(26-17-23(29)28-13-3-4-14-28)25-12-6-15-30-18-22-7-5-16-31-22;/h8-11,19,22H,3-7,12-18H2,1-2H3,(H2,25,26,27);1H. The van der Waals surface area contributed by atoms with Crippen LogP contribution in [0.15, 0.2) is 29.3 Å². The van der Waals surface area contributed by atoms with Gasteiger partial charge in [0.05, 0.1) is 18.8 Å². The predicted octanol–water partition coefficient (Wildman–Crippen LogP) is 3.66. The summed E-state index contributed by atoms with van der Waals surface area (Å²) in [6, 6.07) is 7.74. The first-order chi connectivity index (χ1) is 15.6. The minimum Gasteiger partial charge on any atom is -0.491 e. The maximum absolute atomic E-state index is 12.4. The molecule has 1 atom stereocenters. The number of aliphatic imine (C=N–C) groups is 1. The van der Waals surface area contributed by atoms with Crippen LogP contribution in [0.2, 0.25) is 0 Å². The number of halogens is 1. The third kappa shape index (κ3) is 10.5. The second-order valence-electron chi connectivity index (χ2n) is 8.56. The number of hydrogen-bond acceptors (Lipinski definition) is 5. The molecule has 2 fully saturated rings. The highest BCUT2D eigenvalue weighted by atomic mass is 127. The van der Waals surface area contributed by atoms with E-state index in [1.165, 1.54) is 0 Å². The van der Waals surface area contributed by atoms with Crippen LogP contribution in [0.5, 0.6) is 5.75 Å². The first-order valence-electron chi connectivity index (χ1n) is 11.9. The quantitative estimate of drug-likeness (QED) is 0.182. The molecule has 186 valence electrons. The lowest BCUT2D eigenvalue weighted by Crippen LogP contribution is -2.35. The number of hydrogen-bond donors (Lipinski definition) is 2. The molecule has 2 saturated heterocycles. The monoisotopic (exact) mass is 574 g/mol. The number of carbonyl (C=O) groups is 1. The highest BCUT2D eigenvalue weighted by molar-refractivity contribution is 14.0. The third-order valence-electron chi connectivity index (χ3n) is 5.41. The SMILES string of the molecule is CC(C)Oc1ccc(NC(=NCC(=O)N2CCCC2)NCCCOCC2CCCO2)cc1.I. The zero-order valence-corrected chi connectivity index (χ0v) is 22.2. The maximum atomic E-state index is 12.4. The summed E-state index contributed by atoms with van der Waals surface area (Å²) in [7, 11) is 0. The normalized spacial score (nSPS) is 18.3. The average molecular weight is 575 g/mol. The molecule has 2 aliphatic rings. The second-order valence-corrected chi connectivity index (χ2v) is 8.56. The van der Waals surface area contributed by atoms with E-state index in [9.17, 15) is 4.79 Å². The summed E-state index contributed by atoms with van der Waals surface area (Å²) in [5.74, 6) is 1.49. The van der Waals surface area contributed by atoms with Crippen LogP contribution in [0.25, 0.3) is 0 Å². The van der Waals surface area contributed by atoms with Crippen molar-refractivity contribution >= 4 is 41.5 Å². The van der Waals surface area contributed by atoms with E-state index in [1.54, 1.807) is 0 Å². The van der Waals surface area contributed by atoms with Gasteiger partial charge in [-0.3, -0.25) is 4.79 Å². The van der Waals surface area contributed by atoms with Gasteiger partial charge in [-0.25, -0.2) is 4.99 Å². The van der Waals surface area contributed by atoms with Gasteiger partial charge in [-0.2, -0.15) is 0 Å².